The Morgan fingerprint density at radius 2 is 1.96 bits per heavy atom. The molecule has 1 saturated heterocycles. The molecule has 2 unspecified atom stereocenters. The van der Waals surface area contributed by atoms with Crippen molar-refractivity contribution in [1.29, 1.82) is 0 Å². The number of hydrogen-bond donors (Lipinski definition) is 1. The van der Waals surface area contributed by atoms with Gasteiger partial charge in [-0.15, -0.1) is 11.3 Å². The van der Waals surface area contributed by atoms with Crippen LogP contribution >= 0.6 is 23.6 Å². The topological polar surface area (TPSA) is 28.2 Å². The molecule has 1 fully saturated rings. The molecule has 26 heavy (non-hydrogen) atoms. The van der Waals surface area contributed by atoms with Crippen LogP contribution < -0.4 is 10.2 Å². The first-order valence-electron chi connectivity index (χ1n) is 8.82. The summed E-state index contributed by atoms with van der Waals surface area (Å²) in [4.78, 5) is 8.17. The third kappa shape index (κ3) is 3.02. The number of thiocarbonyl (C=S) groups is 1. The first kappa shape index (κ1) is 17.2. The Morgan fingerprint density at radius 3 is 2.58 bits per heavy atom. The zero-order chi connectivity index (χ0) is 18.1. The van der Waals surface area contributed by atoms with Crippen molar-refractivity contribution in [3.05, 3.63) is 81.8 Å². The van der Waals surface area contributed by atoms with E-state index in [1.807, 2.05) is 18.3 Å². The first-order valence-corrected chi connectivity index (χ1v) is 10.1. The molecule has 3 nitrogen and oxygen atoms in total. The van der Waals surface area contributed by atoms with Crippen LogP contribution in [-0.2, 0) is 6.42 Å². The van der Waals surface area contributed by atoms with Crippen molar-refractivity contribution >= 4 is 34.4 Å². The van der Waals surface area contributed by atoms with Crippen LogP contribution in [0.4, 0.5) is 5.69 Å². The van der Waals surface area contributed by atoms with E-state index in [0.717, 1.165) is 22.9 Å². The van der Waals surface area contributed by atoms with Crippen molar-refractivity contribution < 1.29 is 0 Å². The maximum Gasteiger partial charge on any atom is 0.174 e. The third-order valence-corrected chi connectivity index (χ3v) is 6.30. The van der Waals surface area contributed by atoms with E-state index >= 15 is 0 Å². The van der Waals surface area contributed by atoms with E-state index in [4.69, 9.17) is 12.2 Å². The molecule has 2 aromatic heterocycles. The van der Waals surface area contributed by atoms with Gasteiger partial charge in [0.15, 0.2) is 5.11 Å². The maximum atomic E-state index is 5.75. The fraction of sp³-hybridized carbons (Fsp3) is 0.238. The highest BCUT2D eigenvalue weighted by atomic mass is 32.1. The van der Waals surface area contributed by atoms with Gasteiger partial charge in [-0.05, 0) is 72.4 Å². The van der Waals surface area contributed by atoms with Crippen LogP contribution in [0.15, 0.2) is 60.1 Å². The van der Waals surface area contributed by atoms with Crippen LogP contribution in [0.25, 0.3) is 0 Å². The number of aromatic nitrogens is 1. The van der Waals surface area contributed by atoms with Gasteiger partial charge >= 0.3 is 0 Å². The Labute approximate surface area is 163 Å². The molecular formula is C21H21N3S2. The predicted octanol–water partition coefficient (Wildman–Crippen LogP) is 5.19. The molecule has 1 aromatic carbocycles. The van der Waals surface area contributed by atoms with Crippen molar-refractivity contribution in [3.63, 3.8) is 0 Å². The van der Waals surface area contributed by atoms with E-state index in [-0.39, 0.29) is 12.1 Å². The van der Waals surface area contributed by atoms with E-state index < -0.39 is 0 Å². The molecule has 2 atom stereocenters. The van der Waals surface area contributed by atoms with E-state index in [9.17, 15) is 0 Å². The Bertz CT molecular complexity index is 903. The molecule has 0 saturated carbocycles. The summed E-state index contributed by atoms with van der Waals surface area (Å²) in [5.74, 6) is 0. The number of pyridine rings is 1. The molecule has 3 heterocycles. The van der Waals surface area contributed by atoms with Crippen LogP contribution in [0, 0.1) is 6.92 Å². The highest BCUT2D eigenvalue weighted by Gasteiger charge is 2.41. The monoisotopic (exact) mass is 379 g/mol. The van der Waals surface area contributed by atoms with Gasteiger partial charge in [0.2, 0.25) is 0 Å². The van der Waals surface area contributed by atoms with E-state index in [1.54, 1.807) is 11.3 Å². The van der Waals surface area contributed by atoms with Gasteiger partial charge in [0, 0.05) is 16.8 Å². The quantitative estimate of drug-likeness (QED) is 0.631. The molecule has 4 rings (SSSR count). The fourth-order valence-electron chi connectivity index (χ4n) is 3.48. The highest BCUT2D eigenvalue weighted by molar-refractivity contribution is 7.80. The number of aryl methyl sites for hydroxylation is 2. The minimum Gasteiger partial charge on any atom is -0.351 e. The summed E-state index contributed by atoms with van der Waals surface area (Å²) in [6, 6.07) is 17.1. The molecule has 1 aliphatic rings. The van der Waals surface area contributed by atoms with Gasteiger partial charge in [-0.25, -0.2) is 0 Å². The molecular weight excluding hydrogens is 358 g/mol. The van der Waals surface area contributed by atoms with Gasteiger partial charge in [-0.2, -0.15) is 0 Å². The molecule has 0 radical (unpaired) electrons. The second-order valence-electron chi connectivity index (χ2n) is 6.48. The number of nitrogens with zero attached hydrogens (tertiary/aromatic N) is 2. The van der Waals surface area contributed by atoms with Gasteiger partial charge in [0.1, 0.15) is 0 Å². The lowest BCUT2D eigenvalue weighted by Gasteiger charge is -2.27. The summed E-state index contributed by atoms with van der Waals surface area (Å²) in [6.07, 6.45) is 2.88. The molecule has 5 heteroatoms. The summed E-state index contributed by atoms with van der Waals surface area (Å²) in [5.41, 5.74) is 4.76. The molecule has 0 bridgehead atoms. The molecule has 0 amide bonds. The number of rotatable bonds is 4. The zero-order valence-electron chi connectivity index (χ0n) is 14.8. The largest absolute Gasteiger partial charge is 0.351 e. The summed E-state index contributed by atoms with van der Waals surface area (Å²) in [5, 5.41) is 6.42. The van der Waals surface area contributed by atoms with Gasteiger partial charge < -0.3 is 10.2 Å². The van der Waals surface area contributed by atoms with Crippen LogP contribution in [0.2, 0.25) is 0 Å². The second kappa shape index (κ2) is 7.17. The van der Waals surface area contributed by atoms with Crippen molar-refractivity contribution in [2.24, 2.45) is 0 Å². The first-order chi connectivity index (χ1) is 12.7. The normalized spacial score (nSPS) is 19.6. The molecule has 132 valence electrons. The van der Waals surface area contributed by atoms with Gasteiger partial charge in [0.05, 0.1) is 17.8 Å². The Hall–Kier alpha value is -2.24. The summed E-state index contributed by atoms with van der Waals surface area (Å²) < 4.78 is 0. The van der Waals surface area contributed by atoms with Crippen LogP contribution in [0.1, 0.15) is 40.7 Å². The second-order valence-corrected chi connectivity index (χ2v) is 7.82. The summed E-state index contributed by atoms with van der Waals surface area (Å²) in [7, 11) is 0. The predicted molar refractivity (Wildman–Crippen MR) is 113 cm³/mol. The number of anilines is 1. The lowest BCUT2D eigenvalue weighted by atomic mass is 10.0. The highest BCUT2D eigenvalue weighted by Crippen LogP contribution is 2.44. The average molecular weight is 380 g/mol. The third-order valence-electron chi connectivity index (χ3n) is 4.89. The lowest BCUT2D eigenvalue weighted by molar-refractivity contribution is 0.573. The number of nitrogens with one attached hydrogen (secondary N) is 1. The molecule has 3 aromatic rings. The SMILES string of the molecule is CCc1ccc(N2C(=S)NC(c3ccccn3)C2c2sccc2C)cc1. The van der Waals surface area contributed by atoms with Crippen LogP contribution in [-0.4, -0.2) is 10.1 Å². The maximum absolute atomic E-state index is 5.75. The van der Waals surface area contributed by atoms with E-state index in [1.165, 1.54) is 16.0 Å². The molecule has 0 aliphatic carbocycles. The van der Waals surface area contributed by atoms with Gasteiger partial charge in [-0.3, -0.25) is 4.98 Å². The van der Waals surface area contributed by atoms with Crippen molar-refractivity contribution in [2.45, 2.75) is 32.4 Å². The minimum atomic E-state index is 0.0342. The standard InChI is InChI=1S/C21H21N3S2/c1-3-15-7-9-16(10-8-15)24-19(20-14(2)11-13-26-20)18(23-21(24)25)17-6-4-5-12-22-17/h4-13,18-19H,3H2,1-2H3,(H,23,25). The zero-order valence-corrected chi connectivity index (χ0v) is 16.5. The van der Waals surface area contributed by atoms with E-state index in [2.05, 4.69) is 70.8 Å². The number of benzene rings is 1. The Balaban J connectivity index is 1.81. The van der Waals surface area contributed by atoms with Gasteiger partial charge in [0.25, 0.3) is 0 Å². The smallest absolute Gasteiger partial charge is 0.174 e. The Morgan fingerprint density at radius 1 is 1.15 bits per heavy atom. The van der Waals surface area contributed by atoms with Gasteiger partial charge in [-0.1, -0.05) is 25.1 Å². The summed E-state index contributed by atoms with van der Waals surface area (Å²) >= 11 is 7.53. The minimum absolute atomic E-state index is 0.0342. The van der Waals surface area contributed by atoms with Crippen molar-refractivity contribution in [2.75, 3.05) is 4.90 Å². The summed E-state index contributed by atoms with van der Waals surface area (Å²) in [6.45, 7) is 4.34. The van der Waals surface area contributed by atoms with E-state index in [0.29, 0.717) is 0 Å². The fourth-order valence-corrected chi connectivity index (χ4v) is 4.88. The average Bonchev–Trinajstić information content (AvgIpc) is 3.25. The number of hydrogen-bond acceptors (Lipinski definition) is 3. The number of thiophene rings is 1. The molecule has 1 N–H and O–H groups in total. The molecule has 0 spiro atoms. The van der Waals surface area contributed by atoms with Crippen molar-refractivity contribution in [1.82, 2.24) is 10.3 Å². The lowest BCUT2D eigenvalue weighted by Crippen LogP contribution is -2.29. The van der Waals surface area contributed by atoms with Crippen molar-refractivity contribution in [3.8, 4) is 0 Å². The molecule has 1 aliphatic heterocycles. The van der Waals surface area contributed by atoms with Crippen LogP contribution in [0.5, 0.6) is 0 Å². The van der Waals surface area contributed by atoms with Crippen LogP contribution in [0.3, 0.4) is 0 Å². The Kier molecular flexibility index (Phi) is 4.74.